The molecule has 1 aliphatic rings. The first-order chi connectivity index (χ1) is 12.2. The molecule has 0 radical (unpaired) electrons. The number of aliphatic imine (C=N–C) groups is 1. The lowest BCUT2D eigenvalue weighted by Gasteiger charge is -2.10. The topological polar surface area (TPSA) is 41.5 Å². The number of halogens is 5. The van der Waals surface area contributed by atoms with Gasteiger partial charge in [0.1, 0.15) is 5.82 Å². The van der Waals surface area contributed by atoms with Gasteiger partial charge in [-0.05, 0) is 42.1 Å². The lowest BCUT2D eigenvalue weighted by molar-refractivity contribution is -0.137. The number of thioether (sulfide) groups is 1. The first kappa shape index (κ1) is 18.5. The summed E-state index contributed by atoms with van der Waals surface area (Å²) in [5.41, 5.74) is -1.20. The van der Waals surface area contributed by atoms with Gasteiger partial charge in [0.15, 0.2) is 5.17 Å². The van der Waals surface area contributed by atoms with Crippen LogP contribution in [0.2, 0.25) is 5.02 Å². The first-order valence-corrected chi connectivity index (χ1v) is 8.34. The van der Waals surface area contributed by atoms with Gasteiger partial charge in [0.05, 0.1) is 16.2 Å². The third-order valence-corrected chi connectivity index (χ3v) is 4.47. The van der Waals surface area contributed by atoms with Crippen LogP contribution in [0.5, 0.6) is 0 Å². The molecule has 134 valence electrons. The SMILES string of the molecule is O=C1NC(=Nc2ccc(Cl)cc2C(F)(F)F)S/C1=C\c1ccccc1F. The van der Waals surface area contributed by atoms with Gasteiger partial charge in [0, 0.05) is 10.6 Å². The summed E-state index contributed by atoms with van der Waals surface area (Å²) in [6.07, 6.45) is -3.34. The summed E-state index contributed by atoms with van der Waals surface area (Å²) in [7, 11) is 0. The van der Waals surface area contributed by atoms with Crippen molar-refractivity contribution in [1.82, 2.24) is 5.32 Å². The number of carbonyl (C=O) groups excluding carboxylic acids is 1. The second-order valence-electron chi connectivity index (χ2n) is 5.16. The fraction of sp³-hybridized carbons (Fsp3) is 0.0588. The molecule has 26 heavy (non-hydrogen) atoms. The molecule has 1 saturated heterocycles. The van der Waals surface area contributed by atoms with Crippen LogP contribution in [-0.4, -0.2) is 11.1 Å². The average Bonchev–Trinajstić information content (AvgIpc) is 2.90. The standard InChI is InChI=1S/C17H9ClF4N2OS/c18-10-5-6-13(11(8-10)17(20,21)22)23-16-24-15(25)14(26-16)7-9-3-1-2-4-12(9)19/h1-8H,(H,23,24,25)/b14-7-. The van der Waals surface area contributed by atoms with Gasteiger partial charge in [-0.25, -0.2) is 9.38 Å². The van der Waals surface area contributed by atoms with Crippen LogP contribution in [-0.2, 0) is 11.0 Å². The highest BCUT2D eigenvalue weighted by molar-refractivity contribution is 8.18. The maximum atomic E-state index is 13.7. The monoisotopic (exact) mass is 400 g/mol. The molecule has 0 aliphatic carbocycles. The molecule has 0 saturated carbocycles. The summed E-state index contributed by atoms with van der Waals surface area (Å²) in [6, 6.07) is 8.97. The quantitative estimate of drug-likeness (QED) is 0.542. The van der Waals surface area contributed by atoms with Crippen molar-refractivity contribution in [3.63, 3.8) is 0 Å². The lowest BCUT2D eigenvalue weighted by atomic mass is 10.2. The second-order valence-corrected chi connectivity index (χ2v) is 6.63. The predicted octanol–water partition coefficient (Wildman–Crippen LogP) is 5.39. The number of amides is 1. The number of nitrogens with one attached hydrogen (secondary N) is 1. The minimum Gasteiger partial charge on any atom is -0.300 e. The van der Waals surface area contributed by atoms with Gasteiger partial charge < -0.3 is 5.32 Å². The normalized spacial score (nSPS) is 17.8. The van der Waals surface area contributed by atoms with E-state index in [4.69, 9.17) is 11.6 Å². The van der Waals surface area contributed by atoms with E-state index in [0.29, 0.717) is 0 Å². The molecule has 1 amide bonds. The molecule has 0 unspecified atom stereocenters. The van der Waals surface area contributed by atoms with Crippen LogP contribution in [0.15, 0.2) is 52.4 Å². The van der Waals surface area contributed by atoms with E-state index >= 15 is 0 Å². The van der Waals surface area contributed by atoms with Gasteiger partial charge in [-0.3, -0.25) is 4.79 Å². The van der Waals surface area contributed by atoms with Gasteiger partial charge in [0.2, 0.25) is 0 Å². The van der Waals surface area contributed by atoms with Crippen LogP contribution >= 0.6 is 23.4 Å². The van der Waals surface area contributed by atoms with E-state index < -0.39 is 23.5 Å². The molecule has 3 nitrogen and oxygen atoms in total. The fourth-order valence-electron chi connectivity index (χ4n) is 2.16. The molecule has 1 N–H and O–H groups in total. The van der Waals surface area contributed by atoms with Crippen molar-refractivity contribution in [2.24, 2.45) is 4.99 Å². The molecular weight excluding hydrogens is 392 g/mol. The average molecular weight is 401 g/mol. The zero-order valence-electron chi connectivity index (χ0n) is 12.8. The Morgan fingerprint density at radius 1 is 1.15 bits per heavy atom. The Balaban J connectivity index is 1.94. The number of carbonyl (C=O) groups is 1. The maximum Gasteiger partial charge on any atom is 0.418 e. The number of rotatable bonds is 2. The summed E-state index contributed by atoms with van der Waals surface area (Å²) in [5.74, 6) is -1.09. The molecule has 0 atom stereocenters. The molecule has 9 heteroatoms. The van der Waals surface area contributed by atoms with Crippen molar-refractivity contribution in [2.45, 2.75) is 6.18 Å². The smallest absolute Gasteiger partial charge is 0.300 e. The Morgan fingerprint density at radius 3 is 2.58 bits per heavy atom. The summed E-state index contributed by atoms with van der Waals surface area (Å²) in [6.45, 7) is 0. The van der Waals surface area contributed by atoms with Gasteiger partial charge in [0.25, 0.3) is 5.91 Å². The van der Waals surface area contributed by atoms with Gasteiger partial charge in [-0.2, -0.15) is 13.2 Å². The lowest BCUT2D eigenvalue weighted by Crippen LogP contribution is -2.19. The van der Waals surface area contributed by atoms with E-state index in [1.54, 1.807) is 6.07 Å². The zero-order chi connectivity index (χ0) is 18.9. The number of hydrogen-bond donors (Lipinski definition) is 1. The molecule has 0 bridgehead atoms. The number of benzene rings is 2. The Bertz CT molecular complexity index is 941. The van der Waals surface area contributed by atoms with Crippen molar-refractivity contribution < 1.29 is 22.4 Å². The predicted molar refractivity (Wildman–Crippen MR) is 93.7 cm³/mol. The Kier molecular flexibility index (Phi) is 5.06. The van der Waals surface area contributed by atoms with E-state index in [2.05, 4.69) is 10.3 Å². The molecule has 1 heterocycles. The molecule has 2 aromatic carbocycles. The van der Waals surface area contributed by atoms with Gasteiger partial charge in [-0.1, -0.05) is 29.8 Å². The molecule has 1 fully saturated rings. The van der Waals surface area contributed by atoms with E-state index in [1.165, 1.54) is 30.3 Å². The maximum absolute atomic E-state index is 13.7. The number of alkyl halides is 3. The number of nitrogens with zero attached hydrogens (tertiary/aromatic N) is 1. The molecule has 2 aromatic rings. The van der Waals surface area contributed by atoms with E-state index in [1.807, 2.05) is 0 Å². The molecule has 1 aliphatic heterocycles. The van der Waals surface area contributed by atoms with Crippen LogP contribution in [0, 0.1) is 5.82 Å². The Hall–Kier alpha value is -2.32. The van der Waals surface area contributed by atoms with Crippen LogP contribution in [0.4, 0.5) is 23.2 Å². The third-order valence-electron chi connectivity index (χ3n) is 3.33. The van der Waals surface area contributed by atoms with Gasteiger partial charge in [-0.15, -0.1) is 0 Å². The summed E-state index contributed by atoms with van der Waals surface area (Å²) in [4.78, 5) is 16.0. The fourth-order valence-corrected chi connectivity index (χ4v) is 3.15. The van der Waals surface area contributed by atoms with Crippen LogP contribution in [0.1, 0.15) is 11.1 Å². The largest absolute Gasteiger partial charge is 0.418 e. The Labute approximate surface area is 154 Å². The van der Waals surface area contributed by atoms with Gasteiger partial charge >= 0.3 is 6.18 Å². The van der Waals surface area contributed by atoms with Crippen LogP contribution in [0.3, 0.4) is 0 Å². The van der Waals surface area contributed by atoms with E-state index in [-0.39, 0.29) is 26.3 Å². The highest BCUT2D eigenvalue weighted by atomic mass is 35.5. The minimum absolute atomic E-state index is 0.0367. The van der Waals surface area contributed by atoms with Crippen molar-refractivity contribution in [3.05, 3.63) is 69.3 Å². The molecule has 3 rings (SSSR count). The van der Waals surface area contributed by atoms with Crippen molar-refractivity contribution in [1.29, 1.82) is 0 Å². The van der Waals surface area contributed by atoms with Crippen molar-refractivity contribution in [2.75, 3.05) is 0 Å². The van der Waals surface area contributed by atoms with E-state index in [9.17, 15) is 22.4 Å². The molecular formula is C17H9ClF4N2OS. The summed E-state index contributed by atoms with van der Waals surface area (Å²) in [5, 5.41) is 2.25. The van der Waals surface area contributed by atoms with Crippen molar-refractivity contribution >= 4 is 46.2 Å². The summed E-state index contributed by atoms with van der Waals surface area (Å²) >= 11 is 6.45. The molecule has 0 aromatic heterocycles. The second kappa shape index (κ2) is 7.13. The highest BCUT2D eigenvalue weighted by Crippen LogP contribution is 2.39. The number of hydrogen-bond acceptors (Lipinski definition) is 3. The minimum atomic E-state index is -4.65. The number of amidine groups is 1. The Morgan fingerprint density at radius 2 is 1.88 bits per heavy atom. The van der Waals surface area contributed by atoms with Crippen molar-refractivity contribution in [3.8, 4) is 0 Å². The van der Waals surface area contributed by atoms with Crippen LogP contribution in [0.25, 0.3) is 6.08 Å². The van der Waals surface area contributed by atoms with Crippen LogP contribution < -0.4 is 5.32 Å². The summed E-state index contributed by atoms with van der Waals surface area (Å²) < 4.78 is 53.0. The molecule has 0 spiro atoms. The zero-order valence-corrected chi connectivity index (χ0v) is 14.3. The first-order valence-electron chi connectivity index (χ1n) is 7.15. The highest BCUT2D eigenvalue weighted by Gasteiger charge is 2.34. The third kappa shape index (κ3) is 4.08. The van der Waals surface area contributed by atoms with E-state index in [0.717, 1.165) is 23.9 Å².